The molecule has 0 spiro atoms. The molecule has 0 unspecified atom stereocenters. The molecule has 4 rings (SSSR count). The fourth-order valence-electron chi connectivity index (χ4n) is 2.63. The highest BCUT2D eigenvalue weighted by Crippen LogP contribution is 2.29. The number of nitrogens with zero attached hydrogens (tertiary/aromatic N) is 3. The number of hydrogen-bond donors (Lipinski definition) is 5. The molecule has 0 bridgehead atoms. The summed E-state index contributed by atoms with van der Waals surface area (Å²) in [6.07, 6.45) is 4.28. The number of anilines is 4. The predicted octanol–water partition coefficient (Wildman–Crippen LogP) is 3.53. The molecule has 0 aliphatic heterocycles. The molecule has 12 heteroatoms. The Hall–Kier alpha value is -3.77. The van der Waals surface area contributed by atoms with E-state index in [-0.39, 0.29) is 18.7 Å². The second-order valence-corrected chi connectivity index (χ2v) is 8.63. The fourth-order valence-corrected chi connectivity index (χ4v) is 3.41. The zero-order chi connectivity index (χ0) is 26.3. The number of carbonyl (C=O) groups excluding carboxylic acids is 3. The summed E-state index contributed by atoms with van der Waals surface area (Å²) < 4.78 is 0. The zero-order valence-electron chi connectivity index (χ0n) is 20.6. The van der Waals surface area contributed by atoms with E-state index in [0.717, 1.165) is 35.4 Å². The monoisotopic (exact) mass is 512 g/mol. The molecule has 1 aromatic carbocycles. The number of rotatable bonds is 10. The van der Waals surface area contributed by atoms with Gasteiger partial charge < -0.3 is 31.3 Å². The lowest BCUT2D eigenvalue weighted by atomic mass is 10.3. The van der Waals surface area contributed by atoms with E-state index in [9.17, 15) is 14.4 Å². The van der Waals surface area contributed by atoms with Gasteiger partial charge in [-0.2, -0.15) is 5.10 Å². The van der Waals surface area contributed by atoms with Crippen LogP contribution in [0.15, 0.2) is 46.5 Å². The summed E-state index contributed by atoms with van der Waals surface area (Å²) in [5, 5.41) is 16.3. The first-order chi connectivity index (χ1) is 17.5. The molecule has 0 atom stereocenters. The Balaban J connectivity index is 0.000000570. The summed E-state index contributed by atoms with van der Waals surface area (Å²) in [5.74, 6) is 1.61. The molecule has 2 aromatic heterocycles. The Labute approximate surface area is 214 Å². The van der Waals surface area contributed by atoms with Gasteiger partial charge in [-0.25, -0.2) is 9.97 Å². The highest BCUT2D eigenvalue weighted by atomic mass is 32.2. The van der Waals surface area contributed by atoms with Gasteiger partial charge in [0.25, 0.3) is 0 Å². The summed E-state index contributed by atoms with van der Waals surface area (Å²) in [6.45, 7) is 1.90. The Morgan fingerprint density at radius 2 is 1.81 bits per heavy atom. The average molecular weight is 513 g/mol. The Morgan fingerprint density at radius 1 is 1.11 bits per heavy atom. The van der Waals surface area contributed by atoms with E-state index >= 15 is 0 Å². The molecule has 2 heterocycles. The lowest BCUT2D eigenvalue weighted by Crippen LogP contribution is -2.13. The van der Waals surface area contributed by atoms with Gasteiger partial charge in [-0.3, -0.25) is 9.89 Å². The third kappa shape index (κ3) is 10.2. The van der Waals surface area contributed by atoms with Crippen LogP contribution in [-0.2, 0) is 14.4 Å². The molecule has 36 heavy (non-hydrogen) atoms. The smallest absolute Gasteiger partial charge is 0.225 e. The average Bonchev–Trinajstić information content (AvgIpc) is 3.65. The molecule has 11 nitrogen and oxygen atoms in total. The lowest BCUT2D eigenvalue weighted by molar-refractivity contribution is -0.118. The number of nitrogens with one attached hydrogen (secondary N) is 4. The largest absolute Gasteiger partial charge is 0.388 e. The minimum atomic E-state index is -0.285. The minimum absolute atomic E-state index is 0.1000. The lowest BCUT2D eigenvalue weighted by Gasteiger charge is -2.10. The number of nitrogens with two attached hydrogens (primary N) is 1. The molecule has 0 saturated heterocycles. The van der Waals surface area contributed by atoms with Crippen LogP contribution in [0.4, 0.5) is 23.1 Å². The van der Waals surface area contributed by atoms with Gasteiger partial charge in [-0.1, -0.05) is 0 Å². The highest BCUT2D eigenvalue weighted by Gasteiger charge is 2.19. The van der Waals surface area contributed by atoms with Crippen LogP contribution in [0.1, 0.15) is 31.4 Å². The van der Waals surface area contributed by atoms with Crippen LogP contribution < -0.4 is 21.7 Å². The van der Waals surface area contributed by atoms with Crippen LogP contribution in [0.2, 0.25) is 0 Å². The summed E-state index contributed by atoms with van der Waals surface area (Å²) in [7, 11) is 3.36. The Kier molecular flexibility index (Phi) is 12.1. The molecule has 1 amide bonds. The maximum absolute atomic E-state index is 12.0. The minimum Gasteiger partial charge on any atom is -0.388 e. The quantitative estimate of drug-likeness (QED) is 0.200. The molecule has 0 radical (unpaired) electrons. The molecule has 6 N–H and O–H groups in total. The van der Waals surface area contributed by atoms with Gasteiger partial charge in [-0.05, 0) is 62.8 Å². The van der Waals surface area contributed by atoms with Crippen LogP contribution in [-0.4, -0.2) is 52.7 Å². The number of aromatic nitrogens is 4. The number of aryl methyl sites for hydroxylation is 1. The Morgan fingerprint density at radius 3 is 2.33 bits per heavy atom. The standard InChI is InChI=1S/C19H21N7O2S.C4H6O.CH5N/c1-12-10-17(26-25-12)21-15-11-16(22-18(28)4-3-9-27)24-19(23-15)29-14-7-5-13(20-2)6-8-14;5-3-4-1-2-4;1-2/h5-11,20H,3-4H2,1-2H3,(H3,21,22,23,24,25,26,28);3-4H,1-2H2;2H2,1H3. The SMILES string of the molecule is CN.CNc1ccc(Sc2nc(NC(=O)CCC=O)cc(Nc3cc(C)[nH]n3)n2)cc1.O=CC1CC1. The zero-order valence-corrected chi connectivity index (χ0v) is 21.4. The van der Waals surface area contributed by atoms with E-state index in [4.69, 9.17) is 0 Å². The van der Waals surface area contributed by atoms with Crippen molar-refractivity contribution in [2.45, 2.75) is 42.7 Å². The van der Waals surface area contributed by atoms with Gasteiger partial charge in [-0.15, -0.1) is 0 Å². The molecular formula is C24H32N8O3S. The van der Waals surface area contributed by atoms with Gasteiger partial charge in [0.05, 0.1) is 0 Å². The van der Waals surface area contributed by atoms with Crippen molar-refractivity contribution in [1.29, 1.82) is 0 Å². The summed E-state index contributed by atoms with van der Waals surface area (Å²) >= 11 is 1.37. The summed E-state index contributed by atoms with van der Waals surface area (Å²) in [5.41, 5.74) is 6.41. The van der Waals surface area contributed by atoms with E-state index in [0.29, 0.717) is 34.8 Å². The topological polar surface area (TPSA) is 168 Å². The van der Waals surface area contributed by atoms with Crippen LogP contribution in [0.5, 0.6) is 0 Å². The molecular weight excluding hydrogens is 480 g/mol. The normalized spacial score (nSPS) is 11.7. The van der Waals surface area contributed by atoms with E-state index < -0.39 is 0 Å². The van der Waals surface area contributed by atoms with Crippen molar-refractivity contribution in [3.63, 3.8) is 0 Å². The van der Waals surface area contributed by atoms with Crippen molar-refractivity contribution in [2.24, 2.45) is 11.7 Å². The van der Waals surface area contributed by atoms with Crippen molar-refractivity contribution >= 4 is 53.4 Å². The van der Waals surface area contributed by atoms with Gasteiger partial charge in [0.2, 0.25) is 5.91 Å². The number of aromatic amines is 1. The number of benzene rings is 1. The second kappa shape index (κ2) is 15.3. The van der Waals surface area contributed by atoms with E-state index in [1.165, 1.54) is 18.8 Å². The van der Waals surface area contributed by atoms with Gasteiger partial charge in [0.15, 0.2) is 11.0 Å². The molecule has 1 aliphatic rings. The van der Waals surface area contributed by atoms with Crippen LogP contribution in [0.3, 0.4) is 0 Å². The van der Waals surface area contributed by atoms with Crippen molar-refractivity contribution in [2.75, 3.05) is 30.0 Å². The summed E-state index contributed by atoms with van der Waals surface area (Å²) in [6, 6.07) is 11.3. The number of amides is 1. The van der Waals surface area contributed by atoms with Crippen LogP contribution in [0, 0.1) is 12.8 Å². The van der Waals surface area contributed by atoms with Gasteiger partial charge in [0.1, 0.15) is 24.2 Å². The van der Waals surface area contributed by atoms with Crippen molar-refractivity contribution < 1.29 is 14.4 Å². The van der Waals surface area contributed by atoms with E-state index in [1.807, 2.05) is 44.3 Å². The van der Waals surface area contributed by atoms with Gasteiger partial charge in [0, 0.05) is 54.2 Å². The maximum atomic E-state index is 12.0. The highest BCUT2D eigenvalue weighted by molar-refractivity contribution is 7.99. The first-order valence-electron chi connectivity index (χ1n) is 11.4. The van der Waals surface area contributed by atoms with E-state index in [1.54, 1.807) is 6.07 Å². The van der Waals surface area contributed by atoms with Gasteiger partial charge >= 0.3 is 0 Å². The third-order valence-corrected chi connectivity index (χ3v) is 5.46. The first-order valence-corrected chi connectivity index (χ1v) is 12.2. The fraction of sp³-hybridized carbons (Fsp3) is 0.333. The van der Waals surface area contributed by atoms with Crippen LogP contribution >= 0.6 is 11.8 Å². The first kappa shape index (κ1) is 28.5. The molecule has 192 valence electrons. The third-order valence-electron chi connectivity index (χ3n) is 4.59. The second-order valence-electron chi connectivity index (χ2n) is 7.59. The number of aldehydes is 2. The number of hydrogen-bond acceptors (Lipinski definition) is 10. The predicted molar refractivity (Wildman–Crippen MR) is 142 cm³/mol. The molecule has 3 aromatic rings. The van der Waals surface area contributed by atoms with Crippen molar-refractivity contribution in [3.8, 4) is 0 Å². The number of carbonyl (C=O) groups is 3. The Bertz CT molecular complexity index is 1120. The summed E-state index contributed by atoms with van der Waals surface area (Å²) in [4.78, 5) is 41.9. The van der Waals surface area contributed by atoms with Crippen molar-refractivity contribution in [1.82, 2.24) is 20.2 Å². The van der Waals surface area contributed by atoms with E-state index in [2.05, 4.69) is 41.8 Å². The van der Waals surface area contributed by atoms with Crippen LogP contribution in [0.25, 0.3) is 0 Å². The molecule has 1 aliphatic carbocycles. The molecule has 1 fully saturated rings. The molecule has 1 saturated carbocycles. The van der Waals surface area contributed by atoms with Crippen molar-refractivity contribution in [3.05, 3.63) is 42.1 Å². The number of H-pyrrole nitrogens is 1. The maximum Gasteiger partial charge on any atom is 0.225 e.